The van der Waals surface area contributed by atoms with Gasteiger partial charge in [-0.3, -0.25) is 4.72 Å². The summed E-state index contributed by atoms with van der Waals surface area (Å²) in [6.07, 6.45) is 1.24. The van der Waals surface area contributed by atoms with Crippen molar-refractivity contribution in [2.45, 2.75) is 4.90 Å². The van der Waals surface area contributed by atoms with E-state index >= 15 is 0 Å². The molecule has 2 aromatic carbocycles. The molecule has 0 saturated heterocycles. The van der Waals surface area contributed by atoms with Crippen molar-refractivity contribution in [1.29, 1.82) is 0 Å². The van der Waals surface area contributed by atoms with Crippen LogP contribution in [0.5, 0.6) is 0 Å². The lowest BCUT2D eigenvalue weighted by molar-refractivity contribution is 0.0696. The summed E-state index contributed by atoms with van der Waals surface area (Å²) < 4.78 is 27.0. The number of carboxylic acid groups (broad SMARTS) is 1. The van der Waals surface area contributed by atoms with Crippen molar-refractivity contribution >= 4 is 44.4 Å². The Hall–Kier alpha value is -2.71. The van der Waals surface area contributed by atoms with E-state index < -0.39 is 16.0 Å². The lowest BCUT2D eigenvalue weighted by atomic mass is 10.2. The number of anilines is 1. The number of fused-ring (bicyclic) bond motifs is 1. The van der Waals surface area contributed by atoms with Gasteiger partial charge in [0.2, 0.25) is 0 Å². The fraction of sp³-hybridized carbons (Fsp3) is 0. The fourth-order valence-electron chi connectivity index (χ4n) is 2.05. The number of halogens is 1. The molecule has 0 unspecified atom stereocenters. The Morgan fingerprint density at radius 2 is 1.92 bits per heavy atom. The number of benzene rings is 2. The summed E-state index contributed by atoms with van der Waals surface area (Å²) in [4.78, 5) is 19.0. The highest BCUT2D eigenvalue weighted by Gasteiger charge is 2.17. The molecule has 122 valence electrons. The Balaban J connectivity index is 1.97. The van der Waals surface area contributed by atoms with E-state index in [4.69, 9.17) is 16.7 Å². The predicted molar refractivity (Wildman–Crippen MR) is 88.8 cm³/mol. The maximum Gasteiger partial charge on any atom is 0.335 e. The fourth-order valence-corrected chi connectivity index (χ4v) is 3.30. The third-order valence-corrected chi connectivity index (χ3v) is 4.81. The number of nitrogens with one attached hydrogen (secondary N) is 1. The molecule has 24 heavy (non-hydrogen) atoms. The van der Waals surface area contributed by atoms with Gasteiger partial charge in [0.05, 0.1) is 27.2 Å². The van der Waals surface area contributed by atoms with Crippen molar-refractivity contribution < 1.29 is 18.3 Å². The second kappa shape index (κ2) is 6.06. The van der Waals surface area contributed by atoms with Crippen molar-refractivity contribution in [3.05, 3.63) is 59.2 Å². The van der Waals surface area contributed by atoms with Gasteiger partial charge in [0.25, 0.3) is 10.0 Å². The summed E-state index contributed by atoms with van der Waals surface area (Å²) in [5.74, 6) is -1.21. The van der Waals surface area contributed by atoms with Crippen LogP contribution in [0.4, 0.5) is 5.82 Å². The first-order chi connectivity index (χ1) is 11.4. The van der Waals surface area contributed by atoms with Crippen LogP contribution in [0.3, 0.4) is 0 Å². The average molecular weight is 364 g/mol. The van der Waals surface area contributed by atoms with Crippen molar-refractivity contribution in [1.82, 2.24) is 9.97 Å². The number of aromatic carboxylic acids is 1. The van der Waals surface area contributed by atoms with Crippen LogP contribution in [0.1, 0.15) is 10.4 Å². The summed E-state index contributed by atoms with van der Waals surface area (Å²) >= 11 is 5.99. The van der Waals surface area contributed by atoms with E-state index in [1.807, 2.05) is 0 Å². The number of rotatable bonds is 4. The van der Waals surface area contributed by atoms with Gasteiger partial charge in [-0.1, -0.05) is 23.7 Å². The summed E-state index contributed by atoms with van der Waals surface area (Å²) in [6.45, 7) is 0. The van der Waals surface area contributed by atoms with Gasteiger partial charge in [0.1, 0.15) is 5.52 Å². The van der Waals surface area contributed by atoms with Gasteiger partial charge < -0.3 is 5.11 Å². The molecular formula is C15H10ClN3O4S. The maximum absolute atomic E-state index is 12.4. The smallest absolute Gasteiger partial charge is 0.335 e. The van der Waals surface area contributed by atoms with Crippen LogP contribution in [-0.2, 0) is 10.0 Å². The largest absolute Gasteiger partial charge is 0.478 e. The van der Waals surface area contributed by atoms with Crippen LogP contribution < -0.4 is 4.72 Å². The van der Waals surface area contributed by atoms with Crippen molar-refractivity contribution in [2.75, 3.05) is 4.72 Å². The van der Waals surface area contributed by atoms with Gasteiger partial charge in [0, 0.05) is 0 Å². The molecule has 0 fully saturated rings. The molecule has 0 bridgehead atoms. The predicted octanol–water partition coefficient (Wildman–Crippen LogP) is 2.78. The van der Waals surface area contributed by atoms with E-state index in [1.54, 1.807) is 18.2 Å². The molecular weight excluding hydrogens is 354 g/mol. The molecule has 7 nitrogen and oxygen atoms in total. The number of carboxylic acids is 1. The van der Waals surface area contributed by atoms with Gasteiger partial charge >= 0.3 is 5.97 Å². The molecule has 0 atom stereocenters. The summed E-state index contributed by atoms with van der Waals surface area (Å²) in [6, 6.07) is 9.99. The van der Waals surface area contributed by atoms with Crippen LogP contribution in [0.25, 0.3) is 11.0 Å². The Kier molecular flexibility index (Phi) is 4.08. The second-order valence-electron chi connectivity index (χ2n) is 4.80. The van der Waals surface area contributed by atoms with E-state index in [0.29, 0.717) is 16.1 Å². The molecule has 0 radical (unpaired) electrons. The number of sulfonamides is 1. The van der Waals surface area contributed by atoms with Gasteiger partial charge in [0.15, 0.2) is 5.82 Å². The SMILES string of the molecule is O=C(O)c1cccc(S(=O)(=O)Nc2cnc3c(Cl)cccc3n2)c1. The molecule has 3 rings (SSSR count). The molecule has 2 N–H and O–H groups in total. The third kappa shape index (κ3) is 3.15. The van der Waals surface area contributed by atoms with Crippen LogP contribution in [0.15, 0.2) is 53.6 Å². The zero-order valence-electron chi connectivity index (χ0n) is 12.0. The highest BCUT2D eigenvalue weighted by molar-refractivity contribution is 7.92. The Morgan fingerprint density at radius 1 is 1.17 bits per heavy atom. The zero-order chi connectivity index (χ0) is 17.3. The molecule has 3 aromatic rings. The normalized spacial score (nSPS) is 11.4. The molecule has 1 heterocycles. The average Bonchev–Trinajstić information content (AvgIpc) is 2.55. The van der Waals surface area contributed by atoms with Crippen LogP contribution in [0, 0.1) is 0 Å². The van der Waals surface area contributed by atoms with Gasteiger partial charge in [-0.05, 0) is 30.3 Å². The highest BCUT2D eigenvalue weighted by atomic mass is 35.5. The summed E-state index contributed by atoms with van der Waals surface area (Å²) in [5.41, 5.74) is 0.756. The van der Waals surface area contributed by atoms with E-state index in [2.05, 4.69) is 14.7 Å². The second-order valence-corrected chi connectivity index (χ2v) is 6.89. The minimum atomic E-state index is -4.00. The number of carbonyl (C=O) groups is 1. The first-order valence-electron chi connectivity index (χ1n) is 6.64. The summed E-state index contributed by atoms with van der Waals surface area (Å²) in [5, 5.41) is 9.37. The van der Waals surface area contributed by atoms with Gasteiger partial charge in [-0.2, -0.15) is 0 Å². The van der Waals surface area contributed by atoms with Crippen molar-refractivity contribution in [3.63, 3.8) is 0 Å². The van der Waals surface area contributed by atoms with Crippen molar-refractivity contribution in [2.24, 2.45) is 0 Å². The van der Waals surface area contributed by atoms with Gasteiger partial charge in [-0.15, -0.1) is 0 Å². The number of aromatic nitrogens is 2. The number of hydrogen-bond donors (Lipinski definition) is 2. The van der Waals surface area contributed by atoms with Crippen LogP contribution >= 0.6 is 11.6 Å². The number of hydrogen-bond acceptors (Lipinski definition) is 5. The molecule has 0 aliphatic carbocycles. The topological polar surface area (TPSA) is 109 Å². The standard InChI is InChI=1S/C15H10ClN3O4S/c16-11-5-2-6-12-14(11)17-8-13(18-12)19-24(22,23)10-4-1-3-9(7-10)15(20)21/h1-8H,(H,18,19)(H,20,21). The van der Waals surface area contributed by atoms with Crippen LogP contribution in [0.2, 0.25) is 5.02 Å². The molecule has 0 amide bonds. The number of para-hydroxylation sites is 1. The quantitative estimate of drug-likeness (QED) is 0.737. The zero-order valence-corrected chi connectivity index (χ0v) is 13.5. The highest BCUT2D eigenvalue weighted by Crippen LogP contribution is 2.22. The lowest BCUT2D eigenvalue weighted by Crippen LogP contribution is -2.15. The van der Waals surface area contributed by atoms with Gasteiger partial charge in [-0.25, -0.2) is 23.2 Å². The minimum absolute atomic E-state index is 0.00509. The third-order valence-electron chi connectivity index (χ3n) is 3.15. The van der Waals surface area contributed by atoms with Crippen LogP contribution in [-0.4, -0.2) is 29.5 Å². The molecule has 1 aromatic heterocycles. The van der Waals surface area contributed by atoms with E-state index in [-0.39, 0.29) is 16.3 Å². The molecule has 0 spiro atoms. The summed E-state index contributed by atoms with van der Waals surface area (Å²) in [7, 11) is -4.00. The maximum atomic E-state index is 12.4. The Labute approximate surface area is 142 Å². The first-order valence-corrected chi connectivity index (χ1v) is 8.50. The first kappa shape index (κ1) is 16.2. The van der Waals surface area contributed by atoms with Crippen molar-refractivity contribution in [3.8, 4) is 0 Å². The molecule has 0 aliphatic heterocycles. The van der Waals surface area contributed by atoms with E-state index in [0.717, 1.165) is 6.07 Å². The molecule has 9 heteroatoms. The lowest BCUT2D eigenvalue weighted by Gasteiger charge is -2.08. The molecule has 0 saturated carbocycles. The Morgan fingerprint density at radius 3 is 2.67 bits per heavy atom. The van der Waals surface area contributed by atoms with E-state index in [9.17, 15) is 13.2 Å². The Bertz CT molecular complexity index is 1050. The monoisotopic (exact) mass is 363 g/mol. The minimum Gasteiger partial charge on any atom is -0.478 e. The van der Waals surface area contributed by atoms with E-state index in [1.165, 1.54) is 24.4 Å². The number of nitrogens with zero attached hydrogens (tertiary/aromatic N) is 2. The molecule has 0 aliphatic rings.